The monoisotopic (exact) mass is 521 g/mol. The molecule has 2 aromatic rings. The molecule has 4 N–H and O–H groups in total. The molecule has 0 unspecified atom stereocenters. The van der Waals surface area contributed by atoms with Gasteiger partial charge < -0.3 is 30.1 Å². The van der Waals surface area contributed by atoms with Gasteiger partial charge in [0.2, 0.25) is 0 Å². The third-order valence-electron chi connectivity index (χ3n) is 7.43. The molecule has 0 aliphatic carbocycles. The normalized spacial score (nSPS) is 20.6. The van der Waals surface area contributed by atoms with E-state index in [1.807, 2.05) is 6.92 Å². The van der Waals surface area contributed by atoms with Crippen LogP contribution in [0.3, 0.4) is 0 Å². The smallest absolute Gasteiger partial charge is 0.335 e. The summed E-state index contributed by atoms with van der Waals surface area (Å²) in [4.78, 5) is 26.0. The molecule has 8 heteroatoms. The van der Waals surface area contributed by atoms with Crippen molar-refractivity contribution >= 4 is 17.6 Å². The summed E-state index contributed by atoms with van der Waals surface area (Å²) in [5, 5.41) is 41.5. The van der Waals surface area contributed by atoms with E-state index in [9.17, 15) is 30.0 Å². The highest BCUT2D eigenvalue weighted by atomic mass is 16.5. The molecule has 1 amide bonds. The second kappa shape index (κ2) is 10.5. The summed E-state index contributed by atoms with van der Waals surface area (Å²) in [5.74, 6) is -1.68. The first kappa shape index (κ1) is 27.3. The van der Waals surface area contributed by atoms with E-state index < -0.39 is 23.6 Å². The quantitative estimate of drug-likeness (QED) is 0.339. The largest absolute Gasteiger partial charge is 0.508 e. The molecule has 2 aromatic carbocycles. The van der Waals surface area contributed by atoms with Crippen LogP contribution in [0, 0.1) is 0 Å². The summed E-state index contributed by atoms with van der Waals surface area (Å²) < 4.78 is 6.39. The topological polar surface area (TPSA) is 128 Å². The van der Waals surface area contributed by atoms with Crippen LogP contribution in [0.15, 0.2) is 47.6 Å². The van der Waals surface area contributed by atoms with Gasteiger partial charge in [-0.05, 0) is 77.6 Å². The molecule has 0 fully saturated rings. The van der Waals surface area contributed by atoms with Gasteiger partial charge in [-0.25, -0.2) is 4.79 Å². The lowest BCUT2D eigenvalue weighted by Crippen LogP contribution is -2.49. The number of carboxylic acids is 1. The Bertz CT molecular complexity index is 1340. The van der Waals surface area contributed by atoms with Crippen LogP contribution in [-0.4, -0.2) is 44.0 Å². The highest BCUT2D eigenvalue weighted by Gasteiger charge is 2.44. The van der Waals surface area contributed by atoms with E-state index in [0.29, 0.717) is 29.7 Å². The Balaban J connectivity index is 1.60. The minimum Gasteiger partial charge on any atom is -0.508 e. The van der Waals surface area contributed by atoms with E-state index in [2.05, 4.69) is 32.9 Å². The van der Waals surface area contributed by atoms with E-state index in [1.54, 1.807) is 0 Å². The van der Waals surface area contributed by atoms with Crippen LogP contribution in [0.1, 0.15) is 85.2 Å². The number of hydrogen-bond acceptors (Lipinski definition) is 6. The number of phenolic OH excluding ortho intramolecular Hbond substituents is 2. The van der Waals surface area contributed by atoms with Crippen LogP contribution in [-0.2, 0) is 13.0 Å². The van der Waals surface area contributed by atoms with Gasteiger partial charge in [0.15, 0.2) is 0 Å². The maximum Gasteiger partial charge on any atom is 0.335 e. The molecular formula is C30H35NO7. The Labute approximate surface area is 222 Å². The molecule has 0 radical (unpaired) electrons. The number of benzene rings is 2. The van der Waals surface area contributed by atoms with Crippen LogP contribution in [0.5, 0.6) is 17.2 Å². The fraction of sp³-hybridized carbons (Fsp3) is 0.400. The van der Waals surface area contributed by atoms with Crippen molar-refractivity contribution in [3.8, 4) is 17.2 Å². The third kappa shape index (κ3) is 5.27. The number of anilines is 1. The molecule has 4 rings (SSSR count). The minimum atomic E-state index is -1.18. The van der Waals surface area contributed by atoms with Crippen molar-refractivity contribution in [1.29, 1.82) is 0 Å². The fourth-order valence-electron chi connectivity index (χ4n) is 5.07. The molecule has 2 atom stereocenters. The van der Waals surface area contributed by atoms with Crippen molar-refractivity contribution in [3.05, 3.63) is 69.8 Å². The van der Waals surface area contributed by atoms with Gasteiger partial charge in [-0.15, -0.1) is 0 Å². The molecule has 0 aromatic heterocycles. The molecule has 2 aliphatic heterocycles. The Kier molecular flexibility index (Phi) is 7.56. The zero-order valence-electron chi connectivity index (χ0n) is 22.2. The lowest BCUT2D eigenvalue weighted by Gasteiger charge is -2.40. The number of nitrogens with zero attached hydrogens (tertiary/aromatic N) is 1. The number of ether oxygens (including phenoxy) is 1. The predicted molar refractivity (Wildman–Crippen MR) is 144 cm³/mol. The molecule has 2 aliphatic rings. The highest BCUT2D eigenvalue weighted by Crippen LogP contribution is 2.47. The number of phenols is 2. The molecule has 0 saturated carbocycles. The van der Waals surface area contributed by atoms with Crippen LogP contribution in [0.2, 0.25) is 0 Å². The van der Waals surface area contributed by atoms with E-state index >= 15 is 0 Å². The minimum absolute atomic E-state index is 0.0307. The predicted octanol–water partition coefficient (Wildman–Crippen LogP) is 5.48. The summed E-state index contributed by atoms with van der Waals surface area (Å²) in [7, 11) is 0. The second-order valence-electron chi connectivity index (χ2n) is 10.7. The zero-order valence-corrected chi connectivity index (χ0v) is 22.2. The lowest BCUT2D eigenvalue weighted by atomic mass is 9.84. The van der Waals surface area contributed by atoms with Gasteiger partial charge in [0.25, 0.3) is 5.91 Å². The van der Waals surface area contributed by atoms with Crippen LogP contribution in [0.4, 0.5) is 5.69 Å². The summed E-state index contributed by atoms with van der Waals surface area (Å²) in [6, 6.07) is 5.10. The van der Waals surface area contributed by atoms with Crippen LogP contribution in [0.25, 0.3) is 0 Å². The van der Waals surface area contributed by atoms with E-state index in [4.69, 9.17) is 4.74 Å². The number of amides is 1. The van der Waals surface area contributed by atoms with Gasteiger partial charge in [0, 0.05) is 17.5 Å². The van der Waals surface area contributed by atoms with Crippen molar-refractivity contribution < 1.29 is 34.8 Å². The average Bonchev–Trinajstić information content (AvgIpc) is 3.16. The molecule has 0 spiro atoms. The van der Waals surface area contributed by atoms with Gasteiger partial charge in [0.05, 0.1) is 29.5 Å². The number of carboxylic acid groups (broad SMARTS) is 1. The number of rotatable bonds is 8. The molecule has 2 heterocycles. The summed E-state index contributed by atoms with van der Waals surface area (Å²) in [6.45, 7) is 8.12. The number of aromatic carboxylic acids is 1. The summed E-state index contributed by atoms with van der Waals surface area (Å²) >= 11 is 0. The SMILES string of the molecule is CC(C)=CCCC(C)=CCC[C@]1(C)Oc2c(c(O)cc3c2CN(c2cc(C(=O)O)ccc2O)C3=O)C[C@@H]1O. The molecule has 202 valence electrons. The van der Waals surface area contributed by atoms with Gasteiger partial charge in [-0.1, -0.05) is 23.3 Å². The van der Waals surface area contributed by atoms with Gasteiger partial charge in [-0.3, -0.25) is 4.79 Å². The first-order chi connectivity index (χ1) is 17.9. The number of aliphatic hydroxyl groups is 1. The molecule has 8 nitrogen and oxygen atoms in total. The number of hydrogen-bond donors (Lipinski definition) is 4. The molecular weight excluding hydrogens is 486 g/mol. The second-order valence-corrected chi connectivity index (χ2v) is 10.7. The van der Waals surface area contributed by atoms with E-state index in [0.717, 1.165) is 12.8 Å². The summed E-state index contributed by atoms with van der Waals surface area (Å²) in [6.07, 6.45) is 6.86. The first-order valence-corrected chi connectivity index (χ1v) is 12.8. The zero-order chi connectivity index (χ0) is 27.8. The third-order valence-corrected chi connectivity index (χ3v) is 7.43. The number of carbonyl (C=O) groups excluding carboxylic acids is 1. The van der Waals surface area contributed by atoms with Gasteiger partial charge in [-0.2, -0.15) is 0 Å². The van der Waals surface area contributed by atoms with Crippen molar-refractivity contribution in [2.75, 3.05) is 4.90 Å². The van der Waals surface area contributed by atoms with Crippen molar-refractivity contribution in [2.45, 2.75) is 78.0 Å². The Morgan fingerprint density at radius 3 is 2.53 bits per heavy atom. The van der Waals surface area contributed by atoms with Crippen molar-refractivity contribution in [2.24, 2.45) is 0 Å². The van der Waals surface area contributed by atoms with Crippen LogP contribution >= 0.6 is 0 Å². The Morgan fingerprint density at radius 1 is 1.11 bits per heavy atom. The maximum atomic E-state index is 13.3. The van der Waals surface area contributed by atoms with Gasteiger partial charge >= 0.3 is 5.97 Å². The number of allylic oxidation sites excluding steroid dienone is 4. The number of fused-ring (bicyclic) bond motifs is 3. The van der Waals surface area contributed by atoms with Crippen LogP contribution < -0.4 is 9.64 Å². The van der Waals surface area contributed by atoms with Crippen molar-refractivity contribution in [3.63, 3.8) is 0 Å². The first-order valence-electron chi connectivity index (χ1n) is 12.8. The molecule has 38 heavy (non-hydrogen) atoms. The average molecular weight is 522 g/mol. The Morgan fingerprint density at radius 2 is 1.84 bits per heavy atom. The van der Waals surface area contributed by atoms with E-state index in [1.165, 1.54) is 40.3 Å². The van der Waals surface area contributed by atoms with Gasteiger partial charge in [0.1, 0.15) is 22.8 Å². The molecule has 0 saturated heterocycles. The highest BCUT2D eigenvalue weighted by molar-refractivity contribution is 6.12. The number of aromatic hydroxyl groups is 2. The number of aliphatic hydroxyl groups excluding tert-OH is 1. The molecule has 0 bridgehead atoms. The number of carbonyl (C=O) groups is 2. The van der Waals surface area contributed by atoms with E-state index in [-0.39, 0.29) is 41.3 Å². The standard InChI is InChI=1S/C30H35NO7/c1-17(2)7-5-8-18(3)9-6-12-30(4)26(34)15-21-25(33)14-20-22(27(21)38-30)16-31(28(20)35)23-13-19(29(36)37)10-11-24(23)32/h7,9-11,13-14,26,32-34H,5-6,8,12,15-16H2,1-4H3,(H,36,37)/t26-,30-/m0/s1. The van der Waals surface area contributed by atoms with Crippen molar-refractivity contribution in [1.82, 2.24) is 0 Å². The Hall–Kier alpha value is -3.78. The fourth-order valence-corrected chi connectivity index (χ4v) is 5.07. The lowest BCUT2D eigenvalue weighted by molar-refractivity contribution is -0.0597. The maximum absolute atomic E-state index is 13.3. The summed E-state index contributed by atoms with van der Waals surface area (Å²) in [5.41, 5.74) is 2.80.